The Bertz CT molecular complexity index is 1340. The first kappa shape index (κ1) is 23.5. The van der Waals surface area contributed by atoms with Crippen LogP contribution in [0, 0.1) is 18.3 Å². The van der Waals surface area contributed by atoms with Crippen molar-refractivity contribution in [3.8, 4) is 11.8 Å². The van der Waals surface area contributed by atoms with Crippen LogP contribution in [-0.2, 0) is 21.4 Å². The summed E-state index contributed by atoms with van der Waals surface area (Å²) in [5, 5.41) is 11.8. The molecule has 0 saturated carbocycles. The molecule has 0 radical (unpaired) electrons. The van der Waals surface area contributed by atoms with Crippen molar-refractivity contribution in [2.75, 3.05) is 31.6 Å². The Hall–Kier alpha value is -3.65. The van der Waals surface area contributed by atoms with Crippen molar-refractivity contribution in [2.24, 2.45) is 0 Å². The van der Waals surface area contributed by atoms with Crippen LogP contribution in [0.25, 0.3) is 0 Å². The summed E-state index contributed by atoms with van der Waals surface area (Å²) in [4.78, 5) is 12.8. The molecule has 0 aliphatic carbocycles. The van der Waals surface area contributed by atoms with E-state index in [0.29, 0.717) is 41.5 Å². The number of rotatable bonds is 7. The maximum absolute atomic E-state index is 13.1. The number of para-hydroxylation sites is 1. The first-order valence-electron chi connectivity index (χ1n) is 10.6. The lowest BCUT2D eigenvalue weighted by Crippen LogP contribution is -2.40. The van der Waals surface area contributed by atoms with Crippen molar-refractivity contribution in [1.29, 1.82) is 5.26 Å². The minimum absolute atomic E-state index is 0.0401. The van der Waals surface area contributed by atoms with Gasteiger partial charge < -0.3 is 19.2 Å². The first-order valence-corrected chi connectivity index (χ1v) is 12.0. The molecule has 2 heterocycles. The van der Waals surface area contributed by atoms with Gasteiger partial charge in [-0.15, -0.1) is 0 Å². The Labute approximate surface area is 197 Å². The third-order valence-electron chi connectivity index (χ3n) is 5.30. The largest absolute Gasteiger partial charge is 0.484 e. The van der Waals surface area contributed by atoms with Gasteiger partial charge in [0.1, 0.15) is 24.2 Å². The average molecular weight is 482 g/mol. The Kier molecular flexibility index (Phi) is 6.98. The molecule has 176 valence electrons. The minimum Gasteiger partial charge on any atom is -0.484 e. The van der Waals surface area contributed by atoms with E-state index < -0.39 is 15.9 Å². The molecule has 9 nitrogen and oxygen atoms in total. The van der Waals surface area contributed by atoms with Gasteiger partial charge in [0, 0.05) is 18.8 Å². The maximum atomic E-state index is 13.1. The Morgan fingerprint density at radius 2 is 1.91 bits per heavy atom. The lowest BCUT2D eigenvalue weighted by molar-refractivity contribution is 0.0730. The van der Waals surface area contributed by atoms with E-state index in [0.717, 1.165) is 0 Å². The number of amides is 1. The van der Waals surface area contributed by atoms with Crippen molar-refractivity contribution in [1.82, 2.24) is 4.31 Å². The van der Waals surface area contributed by atoms with Crippen molar-refractivity contribution < 1.29 is 27.1 Å². The number of hydrogen-bond donors (Lipinski definition) is 1. The summed E-state index contributed by atoms with van der Waals surface area (Å²) in [7, 11) is -3.71. The van der Waals surface area contributed by atoms with E-state index >= 15 is 0 Å². The van der Waals surface area contributed by atoms with Gasteiger partial charge in [-0.05, 0) is 48.9 Å². The van der Waals surface area contributed by atoms with Crippen LogP contribution >= 0.6 is 0 Å². The van der Waals surface area contributed by atoms with Crippen LogP contribution in [0.5, 0.6) is 5.75 Å². The molecule has 1 fully saturated rings. The van der Waals surface area contributed by atoms with E-state index in [2.05, 4.69) is 11.4 Å². The van der Waals surface area contributed by atoms with E-state index in [1.165, 1.54) is 16.4 Å². The van der Waals surface area contributed by atoms with Crippen LogP contribution in [0.1, 0.15) is 27.4 Å². The lowest BCUT2D eigenvalue weighted by Gasteiger charge is -2.26. The fraction of sp³-hybridized carbons (Fsp3) is 0.250. The molecule has 4 rings (SSSR count). The molecule has 34 heavy (non-hydrogen) atoms. The number of carbonyl (C=O) groups excluding carboxylic acids is 1. The molecule has 10 heteroatoms. The zero-order chi connectivity index (χ0) is 24.1. The molecule has 1 aromatic heterocycles. The highest BCUT2D eigenvalue weighted by molar-refractivity contribution is 7.89. The standard InChI is InChI=1S/C24H23N3O6S/c1-17-6-7-19(14-23(17)34(29,30)27-10-12-31-13-11-27)26-24(28)22-9-8-20(33-22)16-32-21-5-3-2-4-18(21)15-25/h2-9,14H,10-13,16H2,1H3,(H,26,28). The summed E-state index contributed by atoms with van der Waals surface area (Å²) < 4.78 is 43.9. The van der Waals surface area contributed by atoms with Gasteiger partial charge in [0.05, 0.1) is 23.7 Å². The van der Waals surface area contributed by atoms with Crippen LogP contribution in [-0.4, -0.2) is 44.9 Å². The number of aryl methyl sites for hydroxylation is 1. The zero-order valence-electron chi connectivity index (χ0n) is 18.5. The highest BCUT2D eigenvalue weighted by atomic mass is 32.2. The summed E-state index contributed by atoms with van der Waals surface area (Å²) >= 11 is 0. The van der Waals surface area contributed by atoms with Crippen LogP contribution < -0.4 is 10.1 Å². The molecule has 3 aromatic rings. The molecular weight excluding hydrogens is 458 g/mol. The fourth-order valence-electron chi connectivity index (χ4n) is 3.49. The predicted molar refractivity (Wildman–Crippen MR) is 123 cm³/mol. The number of nitrogens with one attached hydrogen (secondary N) is 1. The minimum atomic E-state index is -3.71. The average Bonchev–Trinajstić information content (AvgIpc) is 3.34. The molecule has 0 atom stereocenters. The number of nitriles is 1. The number of hydrogen-bond acceptors (Lipinski definition) is 7. The monoisotopic (exact) mass is 481 g/mol. The van der Waals surface area contributed by atoms with Gasteiger partial charge >= 0.3 is 0 Å². The number of morpholine rings is 1. The molecule has 1 amide bonds. The number of furan rings is 1. The molecular formula is C24H23N3O6S. The molecule has 1 aliphatic heterocycles. The number of anilines is 1. The van der Waals surface area contributed by atoms with Gasteiger partial charge in [-0.3, -0.25) is 4.79 Å². The van der Waals surface area contributed by atoms with Crippen molar-refractivity contribution >= 4 is 21.6 Å². The van der Waals surface area contributed by atoms with Crippen LogP contribution in [0.4, 0.5) is 5.69 Å². The van der Waals surface area contributed by atoms with Crippen molar-refractivity contribution in [3.63, 3.8) is 0 Å². The molecule has 1 aliphatic rings. The smallest absolute Gasteiger partial charge is 0.291 e. The van der Waals surface area contributed by atoms with E-state index in [1.807, 2.05) is 0 Å². The third-order valence-corrected chi connectivity index (χ3v) is 7.34. The molecule has 1 saturated heterocycles. The SMILES string of the molecule is Cc1ccc(NC(=O)c2ccc(COc3ccccc3C#N)o2)cc1S(=O)(=O)N1CCOCC1. The maximum Gasteiger partial charge on any atom is 0.291 e. The molecule has 0 bridgehead atoms. The Morgan fingerprint density at radius 1 is 1.15 bits per heavy atom. The topological polar surface area (TPSA) is 122 Å². The summed E-state index contributed by atoms with van der Waals surface area (Å²) in [6.07, 6.45) is 0. The van der Waals surface area contributed by atoms with Crippen LogP contribution in [0.3, 0.4) is 0 Å². The quantitative estimate of drug-likeness (QED) is 0.549. The highest BCUT2D eigenvalue weighted by Gasteiger charge is 2.28. The second-order valence-electron chi connectivity index (χ2n) is 7.61. The number of nitrogens with zero attached hydrogens (tertiary/aromatic N) is 2. The highest BCUT2D eigenvalue weighted by Crippen LogP contribution is 2.25. The molecule has 1 N–H and O–H groups in total. The van der Waals surface area contributed by atoms with Gasteiger partial charge in [-0.25, -0.2) is 8.42 Å². The Balaban J connectivity index is 1.45. The predicted octanol–water partition coefficient (Wildman–Crippen LogP) is 3.31. The second kappa shape index (κ2) is 10.1. The fourth-order valence-corrected chi connectivity index (χ4v) is 5.14. The number of sulfonamides is 1. The van der Waals surface area contributed by atoms with Gasteiger partial charge in [0.25, 0.3) is 5.91 Å². The summed E-state index contributed by atoms with van der Waals surface area (Å²) in [6, 6.07) is 16.7. The van der Waals surface area contributed by atoms with Crippen LogP contribution in [0.2, 0.25) is 0 Å². The summed E-state index contributed by atoms with van der Waals surface area (Å²) in [5.74, 6) is 0.339. The Morgan fingerprint density at radius 3 is 2.68 bits per heavy atom. The van der Waals surface area contributed by atoms with E-state index in [-0.39, 0.29) is 30.4 Å². The van der Waals surface area contributed by atoms with E-state index in [9.17, 15) is 13.2 Å². The van der Waals surface area contributed by atoms with Gasteiger partial charge in [-0.1, -0.05) is 18.2 Å². The van der Waals surface area contributed by atoms with Crippen molar-refractivity contribution in [3.05, 3.63) is 77.2 Å². The number of carbonyl (C=O) groups is 1. The zero-order valence-corrected chi connectivity index (χ0v) is 19.3. The molecule has 2 aromatic carbocycles. The second-order valence-corrected chi connectivity index (χ2v) is 9.52. The lowest BCUT2D eigenvalue weighted by atomic mass is 10.2. The molecule has 0 unspecified atom stereocenters. The van der Waals surface area contributed by atoms with Gasteiger partial charge in [0.15, 0.2) is 5.76 Å². The van der Waals surface area contributed by atoms with Gasteiger partial charge in [-0.2, -0.15) is 9.57 Å². The van der Waals surface area contributed by atoms with E-state index in [1.54, 1.807) is 49.4 Å². The van der Waals surface area contributed by atoms with Gasteiger partial charge in [0.2, 0.25) is 10.0 Å². The summed E-state index contributed by atoms with van der Waals surface area (Å²) in [6.45, 7) is 3.02. The third kappa shape index (κ3) is 5.12. The van der Waals surface area contributed by atoms with Crippen molar-refractivity contribution in [2.45, 2.75) is 18.4 Å². The van der Waals surface area contributed by atoms with E-state index in [4.69, 9.17) is 19.2 Å². The number of benzene rings is 2. The molecule has 0 spiro atoms. The summed E-state index contributed by atoms with van der Waals surface area (Å²) in [5.41, 5.74) is 1.31. The normalized spacial score (nSPS) is 14.4. The van der Waals surface area contributed by atoms with Crippen LogP contribution in [0.15, 0.2) is 63.9 Å². The first-order chi connectivity index (χ1) is 16.4. The number of ether oxygens (including phenoxy) is 2.